The molecule has 0 aliphatic carbocycles. The number of hydrazine groups is 2. The van der Waals surface area contributed by atoms with Crippen molar-refractivity contribution in [1.29, 1.82) is 5.41 Å². The van der Waals surface area contributed by atoms with E-state index in [0.29, 0.717) is 6.54 Å². The molecule has 5 nitrogen and oxygen atoms in total. The van der Waals surface area contributed by atoms with Crippen molar-refractivity contribution in [3.8, 4) is 0 Å². The zero-order chi connectivity index (χ0) is 6.15. The van der Waals surface area contributed by atoms with Gasteiger partial charge in [0, 0.05) is 6.54 Å². The summed E-state index contributed by atoms with van der Waals surface area (Å²) in [7, 11) is 0. The largest absolute Gasteiger partial charge is 0.384 e. The second-order valence-corrected chi connectivity index (χ2v) is 1.63. The highest BCUT2D eigenvalue weighted by Crippen LogP contribution is 1.93. The zero-order valence-electron chi connectivity index (χ0n) is 4.26. The first-order valence-corrected chi connectivity index (χ1v) is 2.26. The van der Waals surface area contributed by atoms with Crippen LogP contribution in [0.1, 0.15) is 0 Å². The molecule has 1 atom stereocenters. The predicted octanol–water partition coefficient (Wildman–Crippen LogP) is -1.98. The van der Waals surface area contributed by atoms with E-state index in [0.717, 1.165) is 5.12 Å². The van der Waals surface area contributed by atoms with Crippen LogP contribution in [-0.2, 0) is 0 Å². The Kier molecular flexibility index (Phi) is 1.16. The van der Waals surface area contributed by atoms with E-state index in [1.165, 1.54) is 0 Å². The van der Waals surface area contributed by atoms with Gasteiger partial charge in [-0.25, -0.2) is 16.4 Å². The molecular weight excluding hydrogens is 108 g/mol. The molecule has 0 amide bonds. The summed E-state index contributed by atoms with van der Waals surface area (Å²) in [6.07, 6.45) is -0.736. The van der Waals surface area contributed by atoms with Crippen LogP contribution in [0.5, 0.6) is 0 Å². The van der Waals surface area contributed by atoms with Gasteiger partial charge in [0.1, 0.15) is 6.10 Å². The number of amidine groups is 1. The lowest BCUT2D eigenvalue weighted by Crippen LogP contribution is -2.40. The van der Waals surface area contributed by atoms with Gasteiger partial charge in [0.15, 0.2) is 5.84 Å². The van der Waals surface area contributed by atoms with Crippen LogP contribution in [-0.4, -0.2) is 28.7 Å². The summed E-state index contributed by atoms with van der Waals surface area (Å²) in [6.45, 7) is 0.343. The van der Waals surface area contributed by atoms with Gasteiger partial charge in [0.2, 0.25) is 0 Å². The molecule has 1 aliphatic heterocycles. The maximum absolute atomic E-state index is 8.76. The number of rotatable bonds is 0. The van der Waals surface area contributed by atoms with E-state index in [2.05, 4.69) is 5.43 Å². The molecular formula is C3H8N4O. The monoisotopic (exact) mass is 116 g/mol. The van der Waals surface area contributed by atoms with Crippen LogP contribution in [0.15, 0.2) is 0 Å². The van der Waals surface area contributed by atoms with Crippen LogP contribution in [0, 0.1) is 5.41 Å². The van der Waals surface area contributed by atoms with E-state index in [-0.39, 0.29) is 5.84 Å². The number of hydrogen-bond donors (Lipinski definition) is 4. The number of nitrogens with one attached hydrogen (secondary N) is 2. The Balaban J connectivity index is 2.57. The third-order valence-corrected chi connectivity index (χ3v) is 1.03. The van der Waals surface area contributed by atoms with Crippen LogP contribution in [0.25, 0.3) is 0 Å². The van der Waals surface area contributed by atoms with Crippen molar-refractivity contribution in [3.63, 3.8) is 0 Å². The van der Waals surface area contributed by atoms with Crippen LogP contribution in [0.4, 0.5) is 0 Å². The lowest BCUT2D eigenvalue weighted by Gasteiger charge is -2.07. The standard InChI is InChI=1S/C3H8N4O/c4-3-2(8)1-6-7(3)5/h2,4,6,8H,1,5H2. The topological polar surface area (TPSA) is 85.4 Å². The van der Waals surface area contributed by atoms with Crippen molar-refractivity contribution in [1.82, 2.24) is 10.5 Å². The Labute approximate surface area is 46.5 Å². The van der Waals surface area contributed by atoms with Gasteiger partial charge in [-0.1, -0.05) is 0 Å². The molecule has 0 aromatic rings. The van der Waals surface area contributed by atoms with Crippen molar-refractivity contribution in [2.45, 2.75) is 6.10 Å². The highest BCUT2D eigenvalue weighted by Gasteiger charge is 2.22. The normalized spacial score (nSPS) is 29.5. The molecule has 8 heavy (non-hydrogen) atoms. The second-order valence-electron chi connectivity index (χ2n) is 1.63. The van der Waals surface area contributed by atoms with E-state index < -0.39 is 6.10 Å². The molecule has 1 rings (SSSR count). The molecule has 0 bridgehead atoms. The highest BCUT2D eigenvalue weighted by molar-refractivity contribution is 5.84. The van der Waals surface area contributed by atoms with Gasteiger partial charge in [-0.3, -0.25) is 5.41 Å². The lowest BCUT2D eigenvalue weighted by atomic mass is 10.4. The van der Waals surface area contributed by atoms with Gasteiger partial charge in [-0.2, -0.15) is 0 Å². The molecule has 0 aromatic heterocycles. The first kappa shape index (κ1) is 5.49. The number of aliphatic hydroxyl groups is 1. The van der Waals surface area contributed by atoms with Crippen LogP contribution in [0.3, 0.4) is 0 Å². The Morgan fingerprint density at radius 3 is 2.75 bits per heavy atom. The maximum Gasteiger partial charge on any atom is 0.157 e. The van der Waals surface area contributed by atoms with Crippen molar-refractivity contribution in [2.75, 3.05) is 6.54 Å². The maximum atomic E-state index is 8.76. The quantitative estimate of drug-likeness (QED) is 0.276. The first-order valence-electron chi connectivity index (χ1n) is 2.26. The molecule has 1 heterocycles. The number of nitrogens with zero attached hydrogens (tertiary/aromatic N) is 1. The van der Waals surface area contributed by atoms with Gasteiger partial charge in [-0.05, 0) is 0 Å². The van der Waals surface area contributed by atoms with E-state index in [4.69, 9.17) is 16.4 Å². The summed E-state index contributed by atoms with van der Waals surface area (Å²) in [5, 5.41) is 16.7. The molecule has 0 aromatic carbocycles. The molecule has 0 spiro atoms. The Morgan fingerprint density at radius 2 is 2.62 bits per heavy atom. The summed E-state index contributed by atoms with van der Waals surface area (Å²) < 4.78 is 0. The summed E-state index contributed by atoms with van der Waals surface area (Å²) in [4.78, 5) is 0. The Bertz CT molecular complexity index is 102. The van der Waals surface area contributed by atoms with Gasteiger partial charge in [0.05, 0.1) is 0 Å². The molecule has 0 saturated carbocycles. The second kappa shape index (κ2) is 1.70. The van der Waals surface area contributed by atoms with Crippen molar-refractivity contribution in [2.24, 2.45) is 5.84 Å². The predicted molar refractivity (Wildman–Crippen MR) is 27.8 cm³/mol. The number of β-amino-alcohol motifs (C(OH)–C–C–N with tert-alkyl or cyclic N) is 1. The summed E-state index contributed by atoms with van der Waals surface area (Å²) in [5.41, 5.74) is 2.56. The fourth-order valence-corrected chi connectivity index (χ4v) is 0.527. The van der Waals surface area contributed by atoms with E-state index >= 15 is 0 Å². The minimum atomic E-state index is -0.736. The van der Waals surface area contributed by atoms with E-state index in [1.807, 2.05) is 0 Å². The van der Waals surface area contributed by atoms with Crippen LogP contribution in [0.2, 0.25) is 0 Å². The smallest absolute Gasteiger partial charge is 0.157 e. The minimum absolute atomic E-state index is 0.0185. The molecule has 1 aliphatic rings. The summed E-state index contributed by atoms with van der Waals surface area (Å²) in [6, 6.07) is 0. The van der Waals surface area contributed by atoms with Crippen LogP contribution < -0.4 is 11.3 Å². The van der Waals surface area contributed by atoms with Gasteiger partial charge >= 0.3 is 0 Å². The third-order valence-electron chi connectivity index (χ3n) is 1.03. The molecule has 1 unspecified atom stereocenters. The highest BCUT2D eigenvalue weighted by atomic mass is 16.3. The van der Waals surface area contributed by atoms with Gasteiger partial charge in [0.25, 0.3) is 0 Å². The molecule has 5 heteroatoms. The first-order chi connectivity index (χ1) is 3.72. The van der Waals surface area contributed by atoms with Crippen molar-refractivity contribution in [3.05, 3.63) is 0 Å². The van der Waals surface area contributed by atoms with Crippen molar-refractivity contribution < 1.29 is 5.11 Å². The zero-order valence-corrected chi connectivity index (χ0v) is 4.26. The molecule has 5 N–H and O–H groups in total. The Hall–Kier alpha value is -0.650. The fourth-order valence-electron chi connectivity index (χ4n) is 0.527. The van der Waals surface area contributed by atoms with Crippen molar-refractivity contribution >= 4 is 5.84 Å². The Morgan fingerprint density at radius 1 is 2.00 bits per heavy atom. The number of aliphatic hydroxyl groups excluding tert-OH is 1. The molecule has 46 valence electrons. The fraction of sp³-hybridized carbons (Fsp3) is 0.667. The third kappa shape index (κ3) is 0.664. The summed E-state index contributed by atoms with van der Waals surface area (Å²) >= 11 is 0. The lowest BCUT2D eigenvalue weighted by molar-refractivity contribution is 0.251. The van der Waals surface area contributed by atoms with E-state index in [1.54, 1.807) is 0 Å². The molecule has 0 radical (unpaired) electrons. The van der Waals surface area contributed by atoms with Crippen LogP contribution >= 0.6 is 0 Å². The van der Waals surface area contributed by atoms with Gasteiger partial charge in [-0.15, -0.1) is 0 Å². The SMILES string of the molecule is N=C1C(O)CNN1N. The summed E-state index contributed by atoms with van der Waals surface area (Å²) in [5.74, 6) is 5.12. The minimum Gasteiger partial charge on any atom is -0.384 e. The van der Waals surface area contributed by atoms with Gasteiger partial charge < -0.3 is 5.11 Å². The average Bonchev–Trinajstić information content (AvgIpc) is 1.98. The number of nitrogens with two attached hydrogens (primary N) is 1. The molecule has 1 saturated heterocycles. The molecule has 1 fully saturated rings. The average molecular weight is 116 g/mol. The van der Waals surface area contributed by atoms with E-state index in [9.17, 15) is 0 Å². The number of hydrogen-bond acceptors (Lipinski definition) is 4.